The molecule has 0 aromatic heterocycles. The number of sulfonamides is 1. The van der Waals surface area contributed by atoms with E-state index in [1.54, 1.807) is 0 Å². The summed E-state index contributed by atoms with van der Waals surface area (Å²) in [5, 5.41) is 14.3. The van der Waals surface area contributed by atoms with Crippen LogP contribution in [0.3, 0.4) is 0 Å². The molecule has 1 amide bonds. The number of carbonyl (C=O) groups excluding carboxylic acids is 1. The van der Waals surface area contributed by atoms with Crippen molar-refractivity contribution >= 4 is 16.1 Å². The maximum absolute atomic E-state index is 13.9. The van der Waals surface area contributed by atoms with Crippen LogP contribution in [0, 0.1) is 5.92 Å². The highest BCUT2D eigenvalue weighted by Gasteiger charge is 2.44. The van der Waals surface area contributed by atoms with Crippen molar-refractivity contribution in [3.63, 3.8) is 0 Å². The van der Waals surface area contributed by atoms with Gasteiger partial charge in [0.1, 0.15) is 6.10 Å². The van der Waals surface area contributed by atoms with Crippen LogP contribution in [-0.2, 0) is 40.2 Å². The van der Waals surface area contributed by atoms with Crippen LogP contribution in [0.5, 0.6) is 11.5 Å². The van der Waals surface area contributed by atoms with Gasteiger partial charge in [0.2, 0.25) is 6.79 Å². The summed E-state index contributed by atoms with van der Waals surface area (Å²) in [5.74, 6) is 0.674. The number of alkyl carbamates (subject to hydrolysis) is 1. The Morgan fingerprint density at radius 1 is 1.02 bits per heavy atom. The van der Waals surface area contributed by atoms with Crippen LogP contribution in [0.15, 0.2) is 53.4 Å². The van der Waals surface area contributed by atoms with E-state index < -0.39 is 47.0 Å². The molecule has 2 N–H and O–H groups in total. The Morgan fingerprint density at radius 3 is 2.63 bits per heavy atom. The van der Waals surface area contributed by atoms with Gasteiger partial charge in [0.05, 0.1) is 48.8 Å². The number of rotatable bonds is 11. The fourth-order valence-corrected chi connectivity index (χ4v) is 6.92. The van der Waals surface area contributed by atoms with Gasteiger partial charge in [0.25, 0.3) is 10.0 Å². The molecule has 0 bridgehead atoms. The van der Waals surface area contributed by atoms with Crippen LogP contribution >= 0.6 is 0 Å². The summed E-state index contributed by atoms with van der Waals surface area (Å²) >= 11 is 0. The predicted molar refractivity (Wildman–Crippen MR) is 149 cm³/mol. The molecule has 13 nitrogen and oxygen atoms in total. The first-order valence-corrected chi connectivity index (χ1v) is 15.9. The molecule has 5 atom stereocenters. The van der Waals surface area contributed by atoms with Crippen molar-refractivity contribution in [2.24, 2.45) is 5.92 Å². The Morgan fingerprint density at radius 2 is 1.81 bits per heavy atom. The minimum atomic E-state index is -4.28. The highest BCUT2D eigenvalue weighted by atomic mass is 32.2. The van der Waals surface area contributed by atoms with Gasteiger partial charge in [-0.2, -0.15) is 0 Å². The van der Waals surface area contributed by atoms with Crippen molar-refractivity contribution in [1.29, 1.82) is 0 Å². The first-order valence-electron chi connectivity index (χ1n) is 14.5. The van der Waals surface area contributed by atoms with Crippen LogP contribution in [0.25, 0.3) is 0 Å². The van der Waals surface area contributed by atoms with Crippen molar-refractivity contribution in [3.8, 4) is 11.5 Å². The average molecular weight is 621 g/mol. The van der Waals surface area contributed by atoms with Gasteiger partial charge < -0.3 is 38.8 Å². The van der Waals surface area contributed by atoms with Crippen molar-refractivity contribution in [2.45, 2.75) is 61.2 Å². The maximum atomic E-state index is 13.9. The quantitative estimate of drug-likeness (QED) is 0.355. The number of amides is 1. The first kappa shape index (κ1) is 30.1. The summed E-state index contributed by atoms with van der Waals surface area (Å²) in [4.78, 5) is 19.0. The molecule has 4 heterocycles. The SMILES string of the molecule is O=C(N[C@@H](Cc1ccccc1)[C@@H](O)CN(OC1CCOCC1)S(=O)(=O)c1ccc2c(c1)OCO2)OC1CO[C@@H]2OCC[C@H]12. The second-order valence-corrected chi connectivity index (χ2v) is 12.7. The Labute approximate surface area is 249 Å². The predicted octanol–water partition coefficient (Wildman–Crippen LogP) is 1.98. The molecule has 6 rings (SSSR count). The summed E-state index contributed by atoms with van der Waals surface area (Å²) in [7, 11) is -4.28. The summed E-state index contributed by atoms with van der Waals surface area (Å²) in [6.07, 6.45) is -1.54. The number of benzene rings is 2. The van der Waals surface area contributed by atoms with E-state index >= 15 is 0 Å². The zero-order valence-electron chi connectivity index (χ0n) is 23.5. The van der Waals surface area contributed by atoms with Gasteiger partial charge in [-0.25, -0.2) is 13.2 Å². The van der Waals surface area contributed by atoms with E-state index in [2.05, 4.69) is 5.32 Å². The lowest BCUT2D eigenvalue weighted by molar-refractivity contribution is -0.170. The second kappa shape index (κ2) is 13.3. The number of ether oxygens (including phenoxy) is 6. The molecule has 0 radical (unpaired) electrons. The molecule has 0 spiro atoms. The number of hydroxylamine groups is 1. The Kier molecular flexibility index (Phi) is 9.33. The second-order valence-electron chi connectivity index (χ2n) is 10.9. The van der Waals surface area contributed by atoms with Crippen LogP contribution < -0.4 is 14.8 Å². The lowest BCUT2D eigenvalue weighted by atomic mass is 10.0. The van der Waals surface area contributed by atoms with E-state index in [1.807, 2.05) is 30.3 Å². The van der Waals surface area contributed by atoms with Crippen LogP contribution in [0.4, 0.5) is 4.79 Å². The molecule has 2 aromatic carbocycles. The molecule has 234 valence electrons. The van der Waals surface area contributed by atoms with Gasteiger partial charge in [-0.3, -0.25) is 4.84 Å². The fourth-order valence-electron chi connectivity index (χ4n) is 5.60. The van der Waals surface area contributed by atoms with Gasteiger partial charge in [-0.1, -0.05) is 34.8 Å². The molecule has 2 aromatic rings. The van der Waals surface area contributed by atoms with E-state index in [9.17, 15) is 18.3 Å². The van der Waals surface area contributed by atoms with Crippen molar-refractivity contribution < 1.29 is 51.6 Å². The highest BCUT2D eigenvalue weighted by molar-refractivity contribution is 7.89. The summed E-state index contributed by atoms with van der Waals surface area (Å²) in [6.45, 7) is 1.13. The molecule has 0 aliphatic carbocycles. The molecule has 4 aliphatic rings. The highest BCUT2D eigenvalue weighted by Crippen LogP contribution is 2.35. The van der Waals surface area contributed by atoms with Gasteiger partial charge >= 0.3 is 6.09 Å². The molecule has 14 heteroatoms. The minimum absolute atomic E-state index is 0.00974. The van der Waals surface area contributed by atoms with Crippen LogP contribution in [0.2, 0.25) is 0 Å². The largest absolute Gasteiger partial charge is 0.454 e. The third-order valence-electron chi connectivity index (χ3n) is 7.99. The van der Waals surface area contributed by atoms with Crippen molar-refractivity contribution in [1.82, 2.24) is 9.79 Å². The number of hydrogen-bond donors (Lipinski definition) is 2. The van der Waals surface area contributed by atoms with Gasteiger partial charge in [0, 0.05) is 19.3 Å². The van der Waals surface area contributed by atoms with Crippen molar-refractivity contribution in [3.05, 3.63) is 54.1 Å². The minimum Gasteiger partial charge on any atom is -0.454 e. The third-order valence-corrected chi connectivity index (χ3v) is 9.61. The zero-order chi connectivity index (χ0) is 29.8. The average Bonchev–Trinajstić information content (AvgIpc) is 3.76. The number of carbonyl (C=O) groups is 1. The number of nitrogens with zero attached hydrogens (tertiary/aromatic N) is 1. The number of hydrogen-bond acceptors (Lipinski definition) is 11. The normalized spacial score (nSPS) is 24.9. The zero-order valence-corrected chi connectivity index (χ0v) is 24.4. The smallest absolute Gasteiger partial charge is 0.407 e. The standard InChI is InChI=1S/C29H36N2O11S/c32-24(23(14-19-4-2-1-3-5-19)30-29(33)41-27-17-38-28-22(27)10-13-37-28)16-31(42-20-8-11-36-12-9-20)43(34,35)21-6-7-25-26(15-21)40-18-39-25/h1-7,15,20,22-24,27-28,32H,8-14,16-18H2,(H,30,33)/t22-,23+,24+,27?,28+/m1/s1. The van der Waals surface area contributed by atoms with E-state index in [0.717, 1.165) is 16.5 Å². The molecule has 4 aliphatic heterocycles. The fraction of sp³-hybridized carbons (Fsp3) is 0.552. The summed E-state index contributed by atoms with van der Waals surface area (Å²) < 4.78 is 61.5. The van der Waals surface area contributed by atoms with Gasteiger partial charge in [0.15, 0.2) is 17.8 Å². The maximum Gasteiger partial charge on any atom is 0.407 e. The number of fused-ring (bicyclic) bond motifs is 2. The summed E-state index contributed by atoms with van der Waals surface area (Å²) in [5.41, 5.74) is 0.829. The number of aliphatic hydroxyl groups excluding tert-OH is 1. The first-order chi connectivity index (χ1) is 20.9. The number of aliphatic hydroxyl groups is 1. The van der Waals surface area contributed by atoms with E-state index in [4.69, 9.17) is 33.3 Å². The molecular weight excluding hydrogens is 584 g/mol. The molecule has 1 unspecified atom stereocenters. The lowest BCUT2D eigenvalue weighted by Gasteiger charge is -2.32. The van der Waals surface area contributed by atoms with Gasteiger partial charge in [-0.15, -0.1) is 0 Å². The molecule has 43 heavy (non-hydrogen) atoms. The van der Waals surface area contributed by atoms with E-state index in [1.165, 1.54) is 18.2 Å². The third kappa shape index (κ3) is 7.06. The number of nitrogens with one attached hydrogen (secondary N) is 1. The Bertz CT molecular complexity index is 1360. The van der Waals surface area contributed by atoms with Gasteiger partial charge in [-0.05, 0) is 43.4 Å². The van der Waals surface area contributed by atoms with E-state index in [0.29, 0.717) is 44.2 Å². The monoisotopic (exact) mass is 620 g/mol. The molecule has 0 saturated carbocycles. The van der Waals surface area contributed by atoms with Crippen LogP contribution in [0.1, 0.15) is 24.8 Å². The lowest BCUT2D eigenvalue weighted by Crippen LogP contribution is -2.52. The Hall–Kier alpha value is -2.98. The Balaban J connectivity index is 1.21. The molecule has 3 saturated heterocycles. The van der Waals surface area contributed by atoms with Crippen LogP contribution in [-0.4, -0.2) is 94.5 Å². The topological polar surface area (TPSA) is 151 Å². The molecule has 3 fully saturated rings. The van der Waals surface area contributed by atoms with E-state index in [-0.39, 0.29) is 36.9 Å². The van der Waals surface area contributed by atoms with Crippen molar-refractivity contribution in [2.75, 3.05) is 39.8 Å². The summed E-state index contributed by atoms with van der Waals surface area (Å²) in [6, 6.07) is 12.6. The molecular formula is C29H36N2O11S.